The Morgan fingerprint density at radius 1 is 0.824 bits per heavy atom. The van der Waals surface area contributed by atoms with Gasteiger partial charge in [-0.15, -0.1) is 0 Å². The van der Waals surface area contributed by atoms with Crippen molar-refractivity contribution in [2.75, 3.05) is 13.2 Å². The molecule has 8 rings (SSSR count). The van der Waals surface area contributed by atoms with Gasteiger partial charge in [0.15, 0.2) is 23.8 Å². The monoisotopic (exact) mass is 943 g/mol. The van der Waals surface area contributed by atoms with E-state index in [1.54, 1.807) is 78.9 Å². The van der Waals surface area contributed by atoms with E-state index in [0.717, 1.165) is 6.92 Å². The molecule has 2 saturated carbocycles. The summed E-state index contributed by atoms with van der Waals surface area (Å²) in [5, 5.41) is 72.9. The third-order valence-electron chi connectivity index (χ3n) is 14.9. The quantitative estimate of drug-likeness (QED) is 0.0818. The lowest BCUT2D eigenvalue weighted by molar-refractivity contribution is -0.366. The van der Waals surface area contributed by atoms with Crippen LogP contribution in [0.25, 0.3) is 0 Å². The second-order valence-electron chi connectivity index (χ2n) is 19.1. The van der Waals surface area contributed by atoms with Gasteiger partial charge in [0.1, 0.15) is 48.3 Å². The topological polar surface area (TPSA) is 274 Å². The van der Waals surface area contributed by atoms with Crippen LogP contribution in [0.2, 0.25) is 0 Å². The van der Waals surface area contributed by atoms with Crippen LogP contribution in [0.15, 0.2) is 102 Å². The molecule has 3 aromatic rings. The van der Waals surface area contributed by atoms with E-state index in [1.165, 1.54) is 39.8 Å². The number of ether oxygens (including phenoxy) is 6. The fourth-order valence-electron chi connectivity index (χ4n) is 11.2. The van der Waals surface area contributed by atoms with Gasteiger partial charge in [0.25, 0.3) is 5.91 Å². The standard InChI is InChI=1S/C50H57NO17/c1-25-31(65-45(61)38(56)35(27-15-9-6-10-16-27)51-43(59)28-17-11-7-12-18-28)22-50(62)42(67-44(60)29-19-13-8-14-20-29)40-48(5,41(58)37(55)34(25)47(50,3)4)32(21-33-49(40,24-64-33)68-26(2)52)66-46-39(57)36(54)30(53)23-63-46/h6-20,30-33,35-40,42,46,53-57,62H,21-24H2,1-5H3,(H,51,59)/t30-,31+,32-,33+,35+,36-,37+,38+,39-,40-,42-,46-,48-,49+,50+/m0/s1. The fraction of sp³-hybridized carbons (Fsp3) is 0.500. The predicted molar refractivity (Wildman–Crippen MR) is 235 cm³/mol. The Labute approximate surface area is 391 Å². The summed E-state index contributed by atoms with van der Waals surface area (Å²) in [7, 11) is 0. The van der Waals surface area contributed by atoms with Crippen molar-refractivity contribution < 1.29 is 83.0 Å². The Hall–Kier alpha value is -5.41. The molecule has 7 N–H and O–H groups in total. The van der Waals surface area contributed by atoms with Crippen molar-refractivity contribution in [3.63, 3.8) is 0 Å². The number of hydrogen-bond donors (Lipinski definition) is 7. The number of amides is 1. The van der Waals surface area contributed by atoms with Gasteiger partial charge >= 0.3 is 17.9 Å². The van der Waals surface area contributed by atoms with E-state index in [2.05, 4.69) is 5.32 Å². The van der Waals surface area contributed by atoms with Gasteiger partial charge in [-0.1, -0.05) is 80.6 Å². The molecule has 2 bridgehead atoms. The Bertz CT molecular complexity index is 2430. The molecule has 15 atom stereocenters. The minimum Gasteiger partial charge on any atom is -0.456 e. The number of fused-ring (bicyclic) bond motifs is 5. The largest absolute Gasteiger partial charge is 0.456 e. The molecule has 18 heteroatoms. The summed E-state index contributed by atoms with van der Waals surface area (Å²) in [5.74, 6) is -6.29. The number of aliphatic hydroxyl groups excluding tert-OH is 5. The van der Waals surface area contributed by atoms with Crippen LogP contribution in [-0.4, -0.2) is 146 Å². The molecule has 2 heterocycles. The Kier molecular flexibility index (Phi) is 13.3. The lowest BCUT2D eigenvalue weighted by atomic mass is 9.44. The number of hydrogen-bond acceptors (Lipinski definition) is 17. The first-order valence-corrected chi connectivity index (χ1v) is 22.5. The van der Waals surface area contributed by atoms with Crippen molar-refractivity contribution in [1.82, 2.24) is 5.32 Å². The molecule has 2 saturated heterocycles. The number of carbonyl (C=O) groups excluding carboxylic acids is 5. The van der Waals surface area contributed by atoms with Gasteiger partial charge in [0, 0.05) is 30.7 Å². The number of ketones is 1. The number of rotatable bonds is 11. The third kappa shape index (κ3) is 8.14. The maximum atomic E-state index is 15.7. The third-order valence-corrected chi connectivity index (χ3v) is 14.9. The highest BCUT2D eigenvalue weighted by Crippen LogP contribution is 2.65. The number of nitrogens with one attached hydrogen (secondary N) is 1. The van der Waals surface area contributed by atoms with E-state index in [1.807, 2.05) is 0 Å². The molecule has 0 spiro atoms. The SMILES string of the molecule is CC(=O)O[C@]12CO[C@@H]1C[C@H](O[C@@H]1OC[C@H](O)[C@H](O)[C@@H]1O)[C@]1(C)C(=O)[C@H](O)C3=C(C)[C@H](OC(=O)[C@H](O)[C@H](NC(=O)c4ccccc4)c4ccccc4)C[C@@](O)([C@@H](OC(=O)c4ccccc4)[C@H]21)C3(C)C. The Morgan fingerprint density at radius 3 is 2.01 bits per heavy atom. The van der Waals surface area contributed by atoms with Crippen LogP contribution in [-0.2, 0) is 42.8 Å². The Balaban J connectivity index is 1.26. The van der Waals surface area contributed by atoms with E-state index in [0.29, 0.717) is 5.56 Å². The zero-order valence-electron chi connectivity index (χ0n) is 38.1. The molecular formula is C50H57NO17. The molecule has 68 heavy (non-hydrogen) atoms. The van der Waals surface area contributed by atoms with Gasteiger partial charge in [0.2, 0.25) is 0 Å². The second-order valence-corrected chi connectivity index (χ2v) is 19.1. The van der Waals surface area contributed by atoms with Crippen LogP contribution in [0.1, 0.15) is 79.8 Å². The van der Waals surface area contributed by atoms with Crippen LogP contribution < -0.4 is 5.32 Å². The van der Waals surface area contributed by atoms with E-state index in [9.17, 15) is 49.8 Å². The van der Waals surface area contributed by atoms with Crippen molar-refractivity contribution in [2.24, 2.45) is 16.7 Å². The summed E-state index contributed by atoms with van der Waals surface area (Å²) < 4.78 is 36.8. The van der Waals surface area contributed by atoms with Crippen molar-refractivity contribution in [2.45, 2.75) is 126 Å². The zero-order chi connectivity index (χ0) is 49.1. The molecule has 5 aliphatic rings. The van der Waals surface area contributed by atoms with Gasteiger partial charge in [-0.05, 0) is 54.8 Å². The summed E-state index contributed by atoms with van der Waals surface area (Å²) in [6.45, 7) is 6.21. The lowest BCUT2D eigenvalue weighted by Crippen LogP contribution is -2.82. The van der Waals surface area contributed by atoms with E-state index in [4.69, 9.17) is 28.4 Å². The van der Waals surface area contributed by atoms with Crippen molar-refractivity contribution in [3.8, 4) is 0 Å². The average Bonchev–Trinajstić information content (AvgIpc) is 3.31. The van der Waals surface area contributed by atoms with Gasteiger partial charge < -0.3 is 64.4 Å². The fourth-order valence-corrected chi connectivity index (χ4v) is 11.2. The van der Waals surface area contributed by atoms with Crippen LogP contribution in [0.4, 0.5) is 0 Å². The van der Waals surface area contributed by atoms with Gasteiger partial charge in [0.05, 0.1) is 42.3 Å². The molecule has 2 aliphatic heterocycles. The molecule has 364 valence electrons. The van der Waals surface area contributed by atoms with E-state index >= 15 is 4.79 Å². The number of benzene rings is 3. The van der Waals surface area contributed by atoms with Crippen molar-refractivity contribution in [3.05, 3.63) is 119 Å². The first-order chi connectivity index (χ1) is 32.2. The summed E-state index contributed by atoms with van der Waals surface area (Å²) in [5.41, 5.74) is -7.60. The first-order valence-electron chi connectivity index (χ1n) is 22.5. The molecule has 3 aromatic carbocycles. The predicted octanol–water partition coefficient (Wildman–Crippen LogP) is 1.63. The first kappa shape index (κ1) is 49.0. The number of carbonyl (C=O) groups is 5. The van der Waals surface area contributed by atoms with E-state index < -0.39 is 138 Å². The molecule has 3 aliphatic carbocycles. The number of Topliss-reactive ketones (excluding diaryl/α,β-unsaturated/α-hetero) is 1. The van der Waals surface area contributed by atoms with E-state index in [-0.39, 0.29) is 35.3 Å². The number of esters is 3. The van der Waals surface area contributed by atoms with Crippen molar-refractivity contribution in [1.29, 1.82) is 0 Å². The minimum atomic E-state index is -2.47. The summed E-state index contributed by atoms with van der Waals surface area (Å²) in [6, 6.07) is 22.7. The average molecular weight is 944 g/mol. The molecule has 0 unspecified atom stereocenters. The lowest BCUT2D eigenvalue weighted by Gasteiger charge is -2.68. The summed E-state index contributed by atoms with van der Waals surface area (Å²) in [4.78, 5) is 71.3. The zero-order valence-corrected chi connectivity index (χ0v) is 38.1. The van der Waals surface area contributed by atoms with Crippen LogP contribution in [0.5, 0.6) is 0 Å². The second kappa shape index (κ2) is 18.5. The minimum absolute atomic E-state index is 0.0280. The van der Waals surface area contributed by atoms with Crippen LogP contribution in [0.3, 0.4) is 0 Å². The summed E-state index contributed by atoms with van der Waals surface area (Å²) >= 11 is 0. The number of aliphatic hydroxyl groups is 6. The van der Waals surface area contributed by atoms with Gasteiger partial charge in [-0.25, -0.2) is 9.59 Å². The van der Waals surface area contributed by atoms with Gasteiger partial charge in [-0.2, -0.15) is 0 Å². The maximum Gasteiger partial charge on any atom is 0.338 e. The molecule has 18 nitrogen and oxygen atoms in total. The Morgan fingerprint density at radius 2 is 1.43 bits per heavy atom. The van der Waals surface area contributed by atoms with Crippen molar-refractivity contribution >= 4 is 29.6 Å². The van der Waals surface area contributed by atoms with Gasteiger partial charge in [-0.3, -0.25) is 14.4 Å². The molecule has 0 radical (unpaired) electrons. The molecule has 4 fully saturated rings. The molecular weight excluding hydrogens is 887 g/mol. The molecule has 1 amide bonds. The van der Waals surface area contributed by atoms with Crippen LogP contribution in [0, 0.1) is 16.7 Å². The summed E-state index contributed by atoms with van der Waals surface area (Å²) in [6.07, 6.45) is -17.8. The highest BCUT2D eigenvalue weighted by Gasteiger charge is 2.78. The maximum absolute atomic E-state index is 15.7. The normalized spacial score (nSPS) is 36.0. The highest BCUT2D eigenvalue weighted by molar-refractivity contribution is 5.95. The highest BCUT2D eigenvalue weighted by atomic mass is 16.7. The smallest absolute Gasteiger partial charge is 0.338 e. The van der Waals surface area contributed by atoms with Crippen LogP contribution >= 0.6 is 0 Å². The molecule has 0 aromatic heterocycles.